The molecule has 1 aliphatic carbocycles. The molecule has 2 unspecified atom stereocenters. The number of carbonyl (C=O) groups excluding carboxylic acids is 4. The van der Waals surface area contributed by atoms with E-state index >= 15 is 0 Å². The van der Waals surface area contributed by atoms with Crippen molar-refractivity contribution < 1.29 is 19.2 Å². The fraction of sp³-hybridized carbons (Fsp3) is 0.125. The SMILES string of the molecule is CC(C(=O)Nc1ccc2c(c1)C(=O)c1cc(NC(=O)C(C)c3ccccc3)ccc1C2=O)c1ccccc1. The smallest absolute Gasteiger partial charge is 0.231 e. The van der Waals surface area contributed by atoms with E-state index in [0.717, 1.165) is 11.1 Å². The number of nitrogens with one attached hydrogen (secondary N) is 2. The highest BCUT2D eigenvalue weighted by molar-refractivity contribution is 6.29. The molecule has 6 heteroatoms. The molecule has 0 saturated carbocycles. The van der Waals surface area contributed by atoms with Crippen LogP contribution >= 0.6 is 0 Å². The lowest BCUT2D eigenvalue weighted by atomic mass is 9.83. The summed E-state index contributed by atoms with van der Waals surface area (Å²) in [6.45, 7) is 3.62. The number of carbonyl (C=O) groups is 4. The van der Waals surface area contributed by atoms with Gasteiger partial charge in [-0.05, 0) is 61.4 Å². The molecule has 0 radical (unpaired) electrons. The van der Waals surface area contributed by atoms with Gasteiger partial charge in [0.25, 0.3) is 0 Å². The molecule has 0 saturated heterocycles. The molecule has 5 rings (SSSR count). The number of hydrogen-bond donors (Lipinski definition) is 2. The topological polar surface area (TPSA) is 92.3 Å². The van der Waals surface area contributed by atoms with Gasteiger partial charge in [-0.25, -0.2) is 0 Å². The predicted octanol–water partition coefficient (Wildman–Crippen LogP) is 5.95. The van der Waals surface area contributed by atoms with Crippen LogP contribution < -0.4 is 10.6 Å². The van der Waals surface area contributed by atoms with Crippen LogP contribution in [0.3, 0.4) is 0 Å². The van der Waals surface area contributed by atoms with Gasteiger partial charge in [0.1, 0.15) is 0 Å². The first-order chi connectivity index (χ1) is 18.3. The van der Waals surface area contributed by atoms with E-state index in [1.807, 2.05) is 74.5 Å². The van der Waals surface area contributed by atoms with Gasteiger partial charge in [-0.15, -0.1) is 0 Å². The van der Waals surface area contributed by atoms with Crippen molar-refractivity contribution >= 4 is 34.8 Å². The lowest BCUT2D eigenvalue weighted by molar-refractivity contribution is -0.118. The standard InChI is InChI=1S/C32H26N2O4/c1-19(21-9-5-3-6-10-21)31(37)33-23-13-15-25-27(17-23)30(36)28-18-24(14-16-26(28)29(25)35)34-32(38)20(2)22-11-7-4-8-12-22/h3-20H,1-2H3,(H,33,37)(H,34,38). The van der Waals surface area contributed by atoms with Crippen LogP contribution in [0.15, 0.2) is 97.1 Å². The molecule has 2 amide bonds. The van der Waals surface area contributed by atoms with E-state index < -0.39 is 11.8 Å². The molecule has 0 heterocycles. The lowest BCUT2D eigenvalue weighted by Crippen LogP contribution is -2.23. The molecule has 4 aromatic carbocycles. The Kier molecular flexibility index (Phi) is 6.71. The monoisotopic (exact) mass is 502 g/mol. The van der Waals surface area contributed by atoms with Crippen molar-refractivity contribution in [3.05, 3.63) is 130 Å². The largest absolute Gasteiger partial charge is 0.326 e. The third kappa shape index (κ3) is 4.76. The molecule has 0 spiro atoms. The molecule has 0 aromatic heterocycles. The molecule has 0 fully saturated rings. The molecule has 2 N–H and O–H groups in total. The maximum Gasteiger partial charge on any atom is 0.231 e. The summed E-state index contributed by atoms with van der Waals surface area (Å²) in [5.74, 6) is -1.84. The van der Waals surface area contributed by atoms with E-state index in [1.165, 1.54) is 12.1 Å². The summed E-state index contributed by atoms with van der Waals surface area (Å²) in [6.07, 6.45) is 0. The Morgan fingerprint density at radius 1 is 0.526 bits per heavy atom. The molecule has 4 aromatic rings. The average Bonchev–Trinajstić information content (AvgIpc) is 2.96. The molecular weight excluding hydrogens is 476 g/mol. The van der Waals surface area contributed by atoms with E-state index in [1.54, 1.807) is 24.3 Å². The normalized spacial score (nSPS) is 13.6. The van der Waals surface area contributed by atoms with Crippen LogP contribution in [0.2, 0.25) is 0 Å². The molecule has 38 heavy (non-hydrogen) atoms. The number of rotatable bonds is 6. The number of anilines is 2. The number of fused-ring (bicyclic) bond motifs is 2. The second-order valence-electron chi connectivity index (χ2n) is 9.42. The Balaban J connectivity index is 1.37. The van der Waals surface area contributed by atoms with Gasteiger partial charge in [0.2, 0.25) is 11.8 Å². The van der Waals surface area contributed by atoms with E-state index in [9.17, 15) is 19.2 Å². The molecule has 188 valence electrons. The zero-order valence-electron chi connectivity index (χ0n) is 21.0. The van der Waals surface area contributed by atoms with E-state index in [0.29, 0.717) is 11.4 Å². The van der Waals surface area contributed by atoms with E-state index in [2.05, 4.69) is 10.6 Å². The summed E-state index contributed by atoms with van der Waals surface area (Å²) in [5, 5.41) is 5.71. The second-order valence-corrected chi connectivity index (χ2v) is 9.42. The molecule has 0 bridgehead atoms. The van der Waals surface area contributed by atoms with Crippen LogP contribution in [0.4, 0.5) is 11.4 Å². The van der Waals surface area contributed by atoms with E-state index in [4.69, 9.17) is 0 Å². The Bertz CT molecular complexity index is 1450. The second kappa shape index (κ2) is 10.3. The predicted molar refractivity (Wildman–Crippen MR) is 147 cm³/mol. The van der Waals surface area contributed by atoms with Crippen molar-refractivity contribution in [1.29, 1.82) is 0 Å². The first-order valence-electron chi connectivity index (χ1n) is 12.4. The molecular formula is C32H26N2O4. The van der Waals surface area contributed by atoms with Gasteiger partial charge in [-0.2, -0.15) is 0 Å². The van der Waals surface area contributed by atoms with Crippen molar-refractivity contribution in [2.45, 2.75) is 25.7 Å². The minimum atomic E-state index is -0.394. The lowest BCUT2D eigenvalue weighted by Gasteiger charge is -2.20. The summed E-state index contributed by atoms with van der Waals surface area (Å²) in [5.41, 5.74) is 3.61. The molecule has 2 atom stereocenters. The van der Waals surface area contributed by atoms with Crippen molar-refractivity contribution in [3.63, 3.8) is 0 Å². The number of amides is 2. The quantitative estimate of drug-likeness (QED) is 0.300. The zero-order valence-corrected chi connectivity index (χ0v) is 21.0. The number of ketones is 2. The number of benzene rings is 4. The van der Waals surface area contributed by atoms with Crippen LogP contribution in [0.1, 0.15) is 68.7 Å². The first kappa shape index (κ1) is 24.8. The maximum atomic E-state index is 13.5. The number of hydrogen-bond acceptors (Lipinski definition) is 4. The average molecular weight is 503 g/mol. The van der Waals surface area contributed by atoms with Crippen LogP contribution in [0.5, 0.6) is 0 Å². The van der Waals surface area contributed by atoms with Gasteiger partial charge < -0.3 is 10.6 Å². The maximum absolute atomic E-state index is 13.5. The highest BCUT2D eigenvalue weighted by Crippen LogP contribution is 2.31. The third-order valence-corrected chi connectivity index (χ3v) is 6.94. The highest BCUT2D eigenvalue weighted by atomic mass is 16.2. The Morgan fingerprint density at radius 3 is 1.29 bits per heavy atom. The van der Waals surface area contributed by atoms with Gasteiger partial charge in [-0.1, -0.05) is 60.7 Å². The Morgan fingerprint density at radius 2 is 0.895 bits per heavy atom. The van der Waals surface area contributed by atoms with Crippen molar-refractivity contribution in [1.82, 2.24) is 0 Å². The van der Waals surface area contributed by atoms with Crippen LogP contribution in [0.25, 0.3) is 0 Å². The van der Waals surface area contributed by atoms with E-state index in [-0.39, 0.29) is 45.6 Å². The minimum Gasteiger partial charge on any atom is -0.326 e. The summed E-state index contributed by atoms with van der Waals surface area (Å²) in [4.78, 5) is 52.3. The van der Waals surface area contributed by atoms with Crippen molar-refractivity contribution in [2.24, 2.45) is 0 Å². The van der Waals surface area contributed by atoms with Gasteiger partial charge in [-0.3, -0.25) is 19.2 Å². The summed E-state index contributed by atoms with van der Waals surface area (Å²) in [7, 11) is 0. The molecule has 6 nitrogen and oxygen atoms in total. The fourth-order valence-electron chi connectivity index (χ4n) is 4.59. The molecule has 1 aliphatic rings. The van der Waals surface area contributed by atoms with Gasteiger partial charge in [0, 0.05) is 33.6 Å². The van der Waals surface area contributed by atoms with Crippen molar-refractivity contribution in [2.75, 3.05) is 10.6 Å². The Hall–Kier alpha value is -4.84. The fourth-order valence-corrected chi connectivity index (χ4v) is 4.59. The minimum absolute atomic E-state index is 0.216. The van der Waals surface area contributed by atoms with Crippen LogP contribution in [-0.4, -0.2) is 23.4 Å². The summed E-state index contributed by atoms with van der Waals surface area (Å²) in [6, 6.07) is 28.3. The van der Waals surface area contributed by atoms with Crippen molar-refractivity contribution in [3.8, 4) is 0 Å². The van der Waals surface area contributed by atoms with Crippen LogP contribution in [-0.2, 0) is 9.59 Å². The van der Waals surface area contributed by atoms with Crippen LogP contribution in [0, 0.1) is 0 Å². The van der Waals surface area contributed by atoms with Gasteiger partial charge in [0.15, 0.2) is 11.6 Å². The Labute approximate surface area is 220 Å². The third-order valence-electron chi connectivity index (χ3n) is 6.94. The first-order valence-corrected chi connectivity index (χ1v) is 12.4. The highest BCUT2D eigenvalue weighted by Gasteiger charge is 2.30. The summed E-state index contributed by atoms with van der Waals surface area (Å²) < 4.78 is 0. The van der Waals surface area contributed by atoms with Gasteiger partial charge in [0.05, 0.1) is 11.8 Å². The molecule has 0 aliphatic heterocycles. The van der Waals surface area contributed by atoms with Gasteiger partial charge >= 0.3 is 0 Å². The summed E-state index contributed by atoms with van der Waals surface area (Å²) >= 11 is 0. The zero-order chi connectivity index (χ0) is 26.8.